The van der Waals surface area contributed by atoms with Gasteiger partial charge in [0.15, 0.2) is 0 Å². The molecule has 1 amide bonds. The smallest absolute Gasteiger partial charge is 0.253 e. The Kier molecular flexibility index (Phi) is 5.21. The number of hydrogen-bond donors (Lipinski definition) is 2. The summed E-state index contributed by atoms with van der Waals surface area (Å²) in [6.45, 7) is 1.85. The van der Waals surface area contributed by atoms with Crippen LogP contribution >= 0.6 is 0 Å². The van der Waals surface area contributed by atoms with Gasteiger partial charge in [0.1, 0.15) is 17.5 Å². The molecule has 168 valence electrons. The first-order valence-corrected chi connectivity index (χ1v) is 10.4. The van der Waals surface area contributed by atoms with Crippen LogP contribution in [-0.2, 0) is 19.5 Å². The Hall–Kier alpha value is -3.92. The van der Waals surface area contributed by atoms with Crippen molar-refractivity contribution in [3.8, 4) is 5.95 Å². The quantitative estimate of drug-likeness (QED) is 0.486. The van der Waals surface area contributed by atoms with Crippen molar-refractivity contribution in [3.63, 3.8) is 0 Å². The van der Waals surface area contributed by atoms with Crippen LogP contribution in [-0.4, -0.2) is 44.1 Å². The molecule has 0 aliphatic carbocycles. The van der Waals surface area contributed by atoms with Crippen LogP contribution in [0.2, 0.25) is 0 Å². The topological polar surface area (TPSA) is 102 Å². The number of benzene rings is 2. The maximum Gasteiger partial charge on any atom is 0.253 e. The molecule has 2 aromatic carbocycles. The summed E-state index contributed by atoms with van der Waals surface area (Å²) in [6.07, 6.45) is 2.15. The van der Waals surface area contributed by atoms with Crippen LogP contribution in [0.3, 0.4) is 0 Å². The lowest BCUT2D eigenvalue weighted by atomic mass is 10.1. The highest BCUT2D eigenvalue weighted by atomic mass is 19.1. The maximum atomic E-state index is 14.2. The lowest BCUT2D eigenvalue weighted by molar-refractivity contribution is 0.100. The van der Waals surface area contributed by atoms with Gasteiger partial charge < -0.3 is 16.0 Å². The van der Waals surface area contributed by atoms with Gasteiger partial charge >= 0.3 is 0 Å². The molecule has 10 heteroatoms. The van der Waals surface area contributed by atoms with E-state index in [1.807, 2.05) is 13.1 Å². The number of carbonyl (C=O) groups is 1. The molecule has 0 unspecified atom stereocenters. The minimum Gasteiger partial charge on any atom is -0.366 e. The Labute approximate surface area is 188 Å². The van der Waals surface area contributed by atoms with Crippen molar-refractivity contribution in [2.75, 3.05) is 18.9 Å². The summed E-state index contributed by atoms with van der Waals surface area (Å²) < 4.78 is 29.2. The number of nitrogens with two attached hydrogens (primary N) is 1. The fourth-order valence-corrected chi connectivity index (χ4v) is 4.07. The number of primary amides is 1. The van der Waals surface area contributed by atoms with Gasteiger partial charge in [-0.05, 0) is 30.8 Å². The number of carbonyl (C=O) groups excluding carboxylic acids is 1. The predicted octanol–water partition coefficient (Wildman–Crippen LogP) is 2.79. The normalized spacial score (nSPS) is 13.8. The Bertz CT molecular complexity index is 1380. The average Bonchev–Trinajstić information content (AvgIpc) is 3.20. The minimum absolute atomic E-state index is 0.0419. The molecule has 0 saturated carbocycles. The van der Waals surface area contributed by atoms with Gasteiger partial charge in [-0.25, -0.2) is 13.8 Å². The highest BCUT2D eigenvalue weighted by molar-refractivity contribution is 6.05. The van der Waals surface area contributed by atoms with Crippen LogP contribution in [0, 0.1) is 11.6 Å². The highest BCUT2D eigenvalue weighted by Crippen LogP contribution is 2.27. The van der Waals surface area contributed by atoms with Crippen molar-refractivity contribution >= 4 is 22.6 Å². The largest absolute Gasteiger partial charge is 0.366 e. The molecule has 0 saturated heterocycles. The van der Waals surface area contributed by atoms with Gasteiger partial charge in [-0.15, -0.1) is 0 Å². The summed E-state index contributed by atoms with van der Waals surface area (Å²) in [6, 6.07) is 8.69. The van der Waals surface area contributed by atoms with Crippen LogP contribution in [0.15, 0.2) is 42.6 Å². The molecule has 3 N–H and O–H groups in total. The SMILES string of the molecule is CN1CCc2nc(-n3ncc4c(C(N)=O)cc(F)cc43)nc(NCc3cccc(F)c3)c2C1. The molecule has 0 spiro atoms. The van der Waals surface area contributed by atoms with Gasteiger partial charge in [-0.2, -0.15) is 14.8 Å². The maximum absolute atomic E-state index is 14.2. The number of aromatic nitrogens is 4. The second-order valence-corrected chi connectivity index (χ2v) is 8.08. The monoisotopic (exact) mass is 449 g/mol. The Morgan fingerprint density at radius 3 is 2.82 bits per heavy atom. The van der Waals surface area contributed by atoms with Crippen LogP contribution in [0.5, 0.6) is 0 Å². The van der Waals surface area contributed by atoms with Crippen molar-refractivity contribution in [1.82, 2.24) is 24.6 Å². The number of nitrogens with one attached hydrogen (secondary N) is 1. The van der Waals surface area contributed by atoms with E-state index in [1.54, 1.807) is 6.07 Å². The number of halogens is 2. The molecule has 1 aliphatic heterocycles. The number of rotatable bonds is 5. The zero-order valence-electron chi connectivity index (χ0n) is 17.8. The molecule has 8 nitrogen and oxygen atoms in total. The average molecular weight is 449 g/mol. The van der Waals surface area contributed by atoms with Crippen molar-refractivity contribution < 1.29 is 13.6 Å². The zero-order chi connectivity index (χ0) is 23.1. The summed E-state index contributed by atoms with van der Waals surface area (Å²) in [5.74, 6) is -0.820. The summed E-state index contributed by atoms with van der Waals surface area (Å²) in [4.78, 5) is 23.3. The molecule has 4 aromatic rings. The van der Waals surface area contributed by atoms with Gasteiger partial charge in [0.2, 0.25) is 5.91 Å². The third-order valence-electron chi connectivity index (χ3n) is 5.70. The molecular formula is C23H21F2N7O. The number of fused-ring (bicyclic) bond motifs is 2. The first kappa shape index (κ1) is 21.0. The lowest BCUT2D eigenvalue weighted by Gasteiger charge is -2.26. The van der Waals surface area contributed by atoms with E-state index in [4.69, 9.17) is 10.7 Å². The molecule has 0 bridgehead atoms. The fourth-order valence-electron chi connectivity index (χ4n) is 4.07. The van der Waals surface area contributed by atoms with E-state index in [-0.39, 0.29) is 17.3 Å². The first-order chi connectivity index (χ1) is 15.9. The second-order valence-electron chi connectivity index (χ2n) is 8.08. The first-order valence-electron chi connectivity index (χ1n) is 10.4. The van der Waals surface area contributed by atoms with Crippen molar-refractivity contribution in [2.45, 2.75) is 19.5 Å². The van der Waals surface area contributed by atoms with Gasteiger partial charge in [-0.3, -0.25) is 4.79 Å². The molecular weight excluding hydrogens is 428 g/mol. The Balaban J connectivity index is 1.60. The van der Waals surface area contributed by atoms with Crippen molar-refractivity contribution in [3.05, 3.63) is 76.6 Å². The van der Waals surface area contributed by atoms with Crippen molar-refractivity contribution in [2.24, 2.45) is 5.73 Å². The van der Waals surface area contributed by atoms with E-state index >= 15 is 0 Å². The summed E-state index contributed by atoms with van der Waals surface area (Å²) in [5.41, 5.74) is 8.37. The molecule has 33 heavy (non-hydrogen) atoms. The van der Waals surface area contributed by atoms with E-state index in [1.165, 1.54) is 29.1 Å². The predicted molar refractivity (Wildman–Crippen MR) is 119 cm³/mol. The standard InChI is InChI=1S/C23H21F2N7O/c1-31-6-5-19-18(12-31)22(27-10-13-3-2-4-14(24)7-13)30-23(29-19)32-20-9-15(25)8-16(21(26)33)17(20)11-28-32/h2-4,7-9,11H,5-6,10,12H2,1H3,(H2,26,33)(H,27,29,30). The van der Waals surface area contributed by atoms with Crippen molar-refractivity contribution in [1.29, 1.82) is 0 Å². The molecule has 0 fully saturated rings. The van der Waals surface area contributed by atoms with E-state index in [0.717, 1.165) is 29.4 Å². The number of amides is 1. The second kappa shape index (κ2) is 8.21. The molecule has 3 heterocycles. The minimum atomic E-state index is -0.745. The van der Waals surface area contributed by atoms with Gasteiger partial charge in [-0.1, -0.05) is 12.1 Å². The third kappa shape index (κ3) is 4.00. The van der Waals surface area contributed by atoms with E-state index in [0.29, 0.717) is 36.2 Å². The van der Waals surface area contributed by atoms with Crippen LogP contribution in [0.25, 0.3) is 16.9 Å². The number of hydrogen-bond acceptors (Lipinski definition) is 6. The zero-order valence-corrected chi connectivity index (χ0v) is 17.8. The van der Waals surface area contributed by atoms with Crippen LogP contribution in [0.4, 0.5) is 14.6 Å². The molecule has 0 radical (unpaired) electrons. The van der Waals surface area contributed by atoms with Gasteiger partial charge in [0, 0.05) is 43.1 Å². The summed E-state index contributed by atoms with van der Waals surface area (Å²) >= 11 is 0. The lowest BCUT2D eigenvalue weighted by Crippen LogP contribution is -2.29. The summed E-state index contributed by atoms with van der Waals surface area (Å²) in [5, 5.41) is 8.02. The molecule has 0 atom stereocenters. The molecule has 1 aliphatic rings. The van der Waals surface area contributed by atoms with E-state index in [9.17, 15) is 13.6 Å². The van der Waals surface area contributed by atoms with E-state index < -0.39 is 11.7 Å². The summed E-state index contributed by atoms with van der Waals surface area (Å²) in [7, 11) is 2.02. The molecule has 2 aromatic heterocycles. The number of likely N-dealkylation sites (N-methyl/N-ethyl adjacent to an activating group) is 1. The van der Waals surface area contributed by atoms with Gasteiger partial charge in [0.25, 0.3) is 5.95 Å². The Morgan fingerprint density at radius 2 is 2.03 bits per heavy atom. The van der Waals surface area contributed by atoms with E-state index in [2.05, 4.69) is 20.3 Å². The fraction of sp³-hybridized carbons (Fsp3) is 0.217. The molecule has 5 rings (SSSR count). The van der Waals surface area contributed by atoms with Crippen LogP contribution < -0.4 is 11.1 Å². The number of nitrogens with zero attached hydrogens (tertiary/aromatic N) is 5. The third-order valence-corrected chi connectivity index (χ3v) is 5.70. The van der Waals surface area contributed by atoms with Crippen LogP contribution in [0.1, 0.15) is 27.2 Å². The highest BCUT2D eigenvalue weighted by Gasteiger charge is 2.23. The van der Waals surface area contributed by atoms with Gasteiger partial charge in [0.05, 0.1) is 23.0 Å². The Morgan fingerprint density at radius 1 is 1.18 bits per heavy atom. The number of anilines is 1.